The lowest BCUT2D eigenvalue weighted by Gasteiger charge is -2.35. The summed E-state index contributed by atoms with van der Waals surface area (Å²) in [6.07, 6.45) is 5.25. The van der Waals surface area contributed by atoms with Crippen LogP contribution < -0.4 is 27.5 Å². The van der Waals surface area contributed by atoms with Crippen LogP contribution in [0.4, 0.5) is 0 Å². The number of aliphatic hydroxyl groups excluding tert-OH is 1. The number of hydrazine groups is 1. The number of amides is 3. The molecular weight excluding hydrogens is 801 g/mol. The molecule has 63 heavy (non-hydrogen) atoms. The van der Waals surface area contributed by atoms with Gasteiger partial charge in [-0.25, -0.2) is 15.1 Å². The molecule has 4 aromatic carbocycles. The van der Waals surface area contributed by atoms with E-state index < -0.39 is 41.0 Å². The number of carbonyl (C=O) groups is 3. The molecule has 334 valence electrons. The second kappa shape index (κ2) is 23.4. The lowest BCUT2D eigenvalue weighted by atomic mass is 9.83. The lowest BCUT2D eigenvalue weighted by molar-refractivity contribution is -0.525. The Morgan fingerprint density at radius 2 is 1.52 bits per heavy atom. The predicted octanol–water partition coefficient (Wildman–Crippen LogP) is 4.15. The van der Waals surface area contributed by atoms with E-state index in [1.807, 2.05) is 84.9 Å². The van der Waals surface area contributed by atoms with Gasteiger partial charge >= 0.3 is 0 Å². The predicted molar refractivity (Wildman–Crippen MR) is 243 cm³/mol. The number of benzene rings is 4. The smallest absolute Gasteiger partial charge is 0.252 e. The van der Waals surface area contributed by atoms with Crippen LogP contribution >= 0.6 is 0 Å². The zero-order valence-electron chi connectivity index (χ0n) is 35.8. The zero-order valence-corrected chi connectivity index (χ0v) is 35.8. The standard InChI is InChI=1S/C48H60N8O7/c49-24-23-39-32-55(26-27-63-39)45(58)31-44(57)43(28-33-12-2-1-3-13-33)53-47(60)42(22-8-9-25-51-48(50)54-56(61)62)52-46(59)38(29-36-18-10-16-34-14-4-6-20-40(34)36)30-37-19-11-17-35-15-5-7-21-41(35)37/h4-7,10-11,14-21,33,38-39,42-44,57H,1-3,12-13,22-32,49H2,(H,52,59)(H,53,60)(H3,50,51,54)/t39?,42?,43?,44-/m0/s1. The van der Waals surface area contributed by atoms with Gasteiger partial charge in [0.05, 0.1) is 31.3 Å². The van der Waals surface area contributed by atoms with E-state index in [0.29, 0.717) is 51.9 Å². The van der Waals surface area contributed by atoms with Crippen molar-refractivity contribution in [2.45, 2.75) is 94.9 Å². The van der Waals surface area contributed by atoms with Gasteiger partial charge in [0.15, 0.2) is 5.03 Å². The molecule has 3 unspecified atom stereocenters. The first-order valence-electron chi connectivity index (χ1n) is 22.1. The van der Waals surface area contributed by atoms with Gasteiger partial charge in [-0.15, -0.1) is 0 Å². The van der Waals surface area contributed by atoms with Crippen molar-refractivity contribution in [3.05, 3.63) is 106 Å². The van der Waals surface area contributed by atoms with Crippen molar-refractivity contribution in [2.24, 2.45) is 28.3 Å². The van der Waals surface area contributed by atoms with E-state index in [0.717, 1.165) is 64.8 Å². The number of rotatable bonds is 18. The van der Waals surface area contributed by atoms with E-state index in [4.69, 9.17) is 16.2 Å². The summed E-state index contributed by atoms with van der Waals surface area (Å²) in [7, 11) is 0. The second-order valence-electron chi connectivity index (χ2n) is 16.6. The minimum absolute atomic E-state index is 0.133. The maximum Gasteiger partial charge on any atom is 0.252 e. The van der Waals surface area contributed by atoms with Crippen molar-refractivity contribution < 1.29 is 29.3 Å². The summed E-state index contributed by atoms with van der Waals surface area (Å²) in [5, 5.41) is 32.0. The molecule has 4 aromatic rings. The molecule has 2 fully saturated rings. The van der Waals surface area contributed by atoms with E-state index >= 15 is 0 Å². The highest BCUT2D eigenvalue weighted by atomic mass is 16.7. The number of aliphatic hydroxyl groups is 1. The van der Waals surface area contributed by atoms with Crippen molar-refractivity contribution in [1.82, 2.24) is 21.0 Å². The topological polar surface area (TPSA) is 228 Å². The van der Waals surface area contributed by atoms with Crippen LogP contribution in [0.1, 0.15) is 68.9 Å². The van der Waals surface area contributed by atoms with Gasteiger partial charge in [-0.1, -0.05) is 134 Å². The van der Waals surface area contributed by atoms with Crippen molar-refractivity contribution in [3.8, 4) is 11.8 Å². The first kappa shape index (κ1) is 46.4. The van der Waals surface area contributed by atoms with Crippen molar-refractivity contribution >= 4 is 45.2 Å². The van der Waals surface area contributed by atoms with Gasteiger partial charge in [-0.2, -0.15) is 0 Å². The highest BCUT2D eigenvalue weighted by Crippen LogP contribution is 2.30. The third-order valence-corrected chi connectivity index (χ3v) is 12.1. The Bertz CT molecular complexity index is 2190. The lowest BCUT2D eigenvalue weighted by Crippen LogP contribution is -2.55. The van der Waals surface area contributed by atoms with E-state index in [9.17, 15) is 29.6 Å². The van der Waals surface area contributed by atoms with Crippen LogP contribution in [0.2, 0.25) is 0 Å². The molecule has 1 aliphatic carbocycles. The summed E-state index contributed by atoms with van der Waals surface area (Å²) in [6.45, 7) is 1.39. The summed E-state index contributed by atoms with van der Waals surface area (Å²) >= 11 is 0. The fraction of sp³-hybridized carbons (Fsp3) is 0.458. The molecule has 0 bridgehead atoms. The molecule has 1 saturated heterocycles. The Kier molecular flexibility index (Phi) is 17.2. The maximum absolute atomic E-state index is 14.8. The number of carbonyl (C=O) groups excluding carboxylic acids is 3. The number of guanidine groups is 1. The van der Waals surface area contributed by atoms with Gasteiger partial charge in [-0.3, -0.25) is 14.4 Å². The van der Waals surface area contributed by atoms with Gasteiger partial charge in [0.1, 0.15) is 12.6 Å². The third-order valence-electron chi connectivity index (χ3n) is 12.1. The van der Waals surface area contributed by atoms with Crippen LogP contribution in [0, 0.1) is 33.8 Å². The number of nitro groups is 1. The minimum atomic E-state index is -1.20. The number of ether oxygens (including phenoxy) is 1. The Morgan fingerprint density at radius 3 is 2.16 bits per heavy atom. The number of nitrogens with two attached hydrogens (primary N) is 2. The summed E-state index contributed by atoms with van der Waals surface area (Å²) in [4.78, 5) is 59.3. The maximum atomic E-state index is 14.8. The highest BCUT2D eigenvalue weighted by Gasteiger charge is 2.34. The number of fused-ring (bicyclic) bond motifs is 2. The molecule has 15 heteroatoms. The molecule has 2 aliphatic rings. The monoisotopic (exact) mass is 860 g/mol. The van der Waals surface area contributed by atoms with Crippen LogP contribution in [0.5, 0.6) is 0 Å². The first-order chi connectivity index (χ1) is 30.6. The van der Waals surface area contributed by atoms with Crippen molar-refractivity contribution in [2.75, 3.05) is 32.8 Å². The Balaban J connectivity index is 1.27. The number of aliphatic imine (C=N–C) groups is 1. The van der Waals surface area contributed by atoms with Crippen LogP contribution in [-0.4, -0.2) is 95.8 Å². The Labute approximate surface area is 368 Å². The Hall–Kier alpha value is -6.08. The number of morpholine rings is 1. The van der Waals surface area contributed by atoms with E-state index in [1.54, 1.807) is 10.3 Å². The average Bonchev–Trinajstić information content (AvgIpc) is 3.28. The molecule has 8 N–H and O–H groups in total. The molecule has 3 amide bonds. The molecular formula is C48H60N8O7. The molecule has 6 rings (SSSR count). The minimum Gasteiger partial charge on any atom is -0.390 e. The third kappa shape index (κ3) is 13.7. The quantitative estimate of drug-likeness (QED) is 0.0276. The zero-order chi connectivity index (χ0) is 44.6. The highest BCUT2D eigenvalue weighted by molar-refractivity contribution is 5.91. The normalized spacial score (nSPS) is 17.3. The van der Waals surface area contributed by atoms with Gasteiger partial charge in [0.25, 0.3) is 5.96 Å². The molecule has 0 spiro atoms. The molecule has 15 nitrogen and oxygen atoms in total. The van der Waals surface area contributed by atoms with Crippen LogP contribution in [0.25, 0.3) is 21.5 Å². The molecule has 1 heterocycles. The van der Waals surface area contributed by atoms with E-state index in [2.05, 4.69) is 27.5 Å². The molecule has 4 atom stereocenters. The average molecular weight is 861 g/mol. The van der Waals surface area contributed by atoms with Gasteiger partial charge < -0.3 is 36.8 Å². The molecule has 1 aliphatic heterocycles. The van der Waals surface area contributed by atoms with E-state index in [-0.39, 0.29) is 43.2 Å². The molecule has 0 aromatic heterocycles. The summed E-state index contributed by atoms with van der Waals surface area (Å²) in [6, 6.07) is 26.2. The number of hydrogen-bond acceptors (Lipinski definition) is 9. The Morgan fingerprint density at radius 1 is 0.889 bits per heavy atom. The van der Waals surface area contributed by atoms with Gasteiger partial charge in [0.2, 0.25) is 17.7 Å². The SMILES string of the molecule is NCCC1CN(C(=O)C[C@H](O)C(CC2CCCCC2)NC(=O)C(CC#CCN=C(N)N[N+](=O)[O-])NC(=O)C(Cc2cccc3ccccc23)Cc2cccc3ccccc23)CCO1. The van der Waals surface area contributed by atoms with Crippen molar-refractivity contribution in [1.29, 1.82) is 0 Å². The fourth-order valence-corrected chi connectivity index (χ4v) is 8.85. The number of nitrogens with one attached hydrogen (secondary N) is 3. The number of nitrogens with zero attached hydrogens (tertiary/aromatic N) is 3. The second-order valence-corrected chi connectivity index (χ2v) is 16.6. The summed E-state index contributed by atoms with van der Waals surface area (Å²) < 4.78 is 5.78. The van der Waals surface area contributed by atoms with Gasteiger partial charge in [0, 0.05) is 25.4 Å². The molecule has 1 saturated carbocycles. The first-order valence-corrected chi connectivity index (χ1v) is 22.1. The summed E-state index contributed by atoms with van der Waals surface area (Å²) in [5.41, 5.74) is 15.1. The molecule has 0 radical (unpaired) electrons. The van der Waals surface area contributed by atoms with Crippen LogP contribution in [0.3, 0.4) is 0 Å². The van der Waals surface area contributed by atoms with Crippen LogP contribution in [0.15, 0.2) is 89.9 Å². The van der Waals surface area contributed by atoms with Gasteiger partial charge in [-0.05, 0) is 70.8 Å². The van der Waals surface area contributed by atoms with E-state index in [1.165, 1.54) is 0 Å². The summed E-state index contributed by atoms with van der Waals surface area (Å²) in [5.74, 6) is 3.76. The largest absolute Gasteiger partial charge is 0.390 e. The fourth-order valence-electron chi connectivity index (χ4n) is 8.85. The van der Waals surface area contributed by atoms with Crippen molar-refractivity contribution in [3.63, 3.8) is 0 Å². The number of hydrogen-bond donors (Lipinski definition) is 6. The van der Waals surface area contributed by atoms with Crippen LogP contribution in [-0.2, 0) is 32.0 Å².